The summed E-state index contributed by atoms with van der Waals surface area (Å²) < 4.78 is 43.0. The summed E-state index contributed by atoms with van der Waals surface area (Å²) in [5.74, 6) is -0.493. The molecule has 1 atom stereocenters. The van der Waals surface area contributed by atoms with E-state index in [1.54, 1.807) is 0 Å². The Balaban J connectivity index is 1.75. The molecule has 172 valence electrons. The largest absolute Gasteiger partial charge is 0.493 e. The molecule has 0 radical (unpaired) electrons. The number of ether oxygens (including phenoxy) is 3. The van der Waals surface area contributed by atoms with Gasteiger partial charge in [-0.05, 0) is 37.1 Å². The number of hydrogen-bond donors (Lipinski definition) is 2. The zero-order valence-electron chi connectivity index (χ0n) is 17.5. The highest BCUT2D eigenvalue weighted by molar-refractivity contribution is 7.89. The van der Waals surface area contributed by atoms with Crippen LogP contribution in [0.25, 0.3) is 0 Å². The summed E-state index contributed by atoms with van der Waals surface area (Å²) in [7, 11) is -1.07. The van der Waals surface area contributed by atoms with E-state index >= 15 is 0 Å². The summed E-state index contributed by atoms with van der Waals surface area (Å²) in [6, 6.07) is 7.76. The molecule has 2 aromatic rings. The molecule has 1 amide bonds. The summed E-state index contributed by atoms with van der Waals surface area (Å²) in [4.78, 5) is 23.4. The SMILES string of the molecule is COc1cc(C(=O)Nc2ccc(S(=O)(=O)NC[C@H]3CCCO3)cc2)c([N+](=O)[O-])cc1OC. The quantitative estimate of drug-likeness (QED) is 0.424. The Bertz CT molecular complexity index is 1100. The normalized spacial score (nSPS) is 15.9. The number of nitro benzene ring substituents is 1. The van der Waals surface area contributed by atoms with E-state index in [1.807, 2.05) is 0 Å². The molecule has 0 unspecified atom stereocenters. The van der Waals surface area contributed by atoms with Gasteiger partial charge in [0.25, 0.3) is 11.6 Å². The predicted molar refractivity (Wildman–Crippen MR) is 115 cm³/mol. The predicted octanol–water partition coefficient (Wildman–Crippen LogP) is 2.32. The number of nitrogens with one attached hydrogen (secondary N) is 2. The number of rotatable bonds is 9. The van der Waals surface area contributed by atoms with Crippen molar-refractivity contribution >= 4 is 27.3 Å². The molecule has 2 N–H and O–H groups in total. The van der Waals surface area contributed by atoms with Gasteiger partial charge in [0, 0.05) is 24.9 Å². The van der Waals surface area contributed by atoms with Crippen LogP contribution in [-0.4, -0.2) is 52.7 Å². The van der Waals surface area contributed by atoms with Crippen molar-refractivity contribution in [2.24, 2.45) is 0 Å². The molecule has 32 heavy (non-hydrogen) atoms. The summed E-state index contributed by atoms with van der Waals surface area (Å²) in [6.45, 7) is 0.808. The van der Waals surface area contributed by atoms with E-state index in [1.165, 1.54) is 44.6 Å². The minimum Gasteiger partial charge on any atom is -0.493 e. The zero-order valence-corrected chi connectivity index (χ0v) is 18.3. The molecule has 12 heteroatoms. The average Bonchev–Trinajstić information content (AvgIpc) is 3.31. The van der Waals surface area contributed by atoms with Crippen LogP contribution < -0.4 is 19.5 Å². The standard InChI is InChI=1S/C20H23N3O8S/c1-29-18-10-16(17(23(25)26)11-19(18)30-2)20(24)22-13-5-7-15(8-6-13)32(27,28)21-12-14-4-3-9-31-14/h5-8,10-11,14,21H,3-4,9,12H2,1-2H3,(H,22,24)/t14-/m1/s1. The number of sulfonamides is 1. The van der Waals surface area contributed by atoms with Crippen LogP contribution in [0.3, 0.4) is 0 Å². The van der Waals surface area contributed by atoms with Gasteiger partial charge in [0.2, 0.25) is 10.0 Å². The molecule has 1 fully saturated rings. The van der Waals surface area contributed by atoms with E-state index in [9.17, 15) is 23.3 Å². The molecule has 0 aliphatic carbocycles. The Morgan fingerprint density at radius 2 is 1.84 bits per heavy atom. The molecule has 2 aromatic carbocycles. The highest BCUT2D eigenvalue weighted by Crippen LogP contribution is 2.34. The summed E-state index contributed by atoms with van der Waals surface area (Å²) >= 11 is 0. The van der Waals surface area contributed by atoms with Gasteiger partial charge in [-0.25, -0.2) is 13.1 Å². The van der Waals surface area contributed by atoms with Gasteiger partial charge in [-0.3, -0.25) is 14.9 Å². The third-order valence-electron chi connectivity index (χ3n) is 4.89. The second kappa shape index (κ2) is 9.94. The maximum Gasteiger partial charge on any atom is 0.286 e. The minimum absolute atomic E-state index is 0.0191. The highest BCUT2D eigenvalue weighted by Gasteiger charge is 2.25. The number of carbonyl (C=O) groups excluding carboxylic acids is 1. The lowest BCUT2D eigenvalue weighted by Crippen LogP contribution is -2.31. The number of nitrogens with zero attached hydrogens (tertiary/aromatic N) is 1. The lowest BCUT2D eigenvalue weighted by molar-refractivity contribution is -0.385. The highest BCUT2D eigenvalue weighted by atomic mass is 32.2. The fourth-order valence-electron chi connectivity index (χ4n) is 3.21. The van der Waals surface area contributed by atoms with Crippen molar-refractivity contribution in [3.8, 4) is 11.5 Å². The second-order valence-electron chi connectivity index (χ2n) is 6.95. The second-order valence-corrected chi connectivity index (χ2v) is 8.71. The van der Waals surface area contributed by atoms with Crippen molar-refractivity contribution in [3.63, 3.8) is 0 Å². The van der Waals surface area contributed by atoms with Crippen molar-refractivity contribution in [1.82, 2.24) is 4.72 Å². The molecule has 1 heterocycles. The van der Waals surface area contributed by atoms with Gasteiger partial charge in [0.05, 0.1) is 36.2 Å². The molecule has 1 aliphatic rings. The molecule has 0 saturated carbocycles. The van der Waals surface area contributed by atoms with Crippen molar-refractivity contribution in [3.05, 3.63) is 52.1 Å². The van der Waals surface area contributed by atoms with Crippen LogP contribution >= 0.6 is 0 Å². The Morgan fingerprint density at radius 3 is 2.41 bits per heavy atom. The Labute approximate surface area is 184 Å². The van der Waals surface area contributed by atoms with Crippen LogP contribution in [0.4, 0.5) is 11.4 Å². The molecule has 1 aliphatic heterocycles. The maximum absolute atomic E-state index is 12.7. The Hall–Kier alpha value is -3.22. The molecule has 0 spiro atoms. The van der Waals surface area contributed by atoms with Crippen LogP contribution in [0, 0.1) is 10.1 Å². The Kier molecular flexibility index (Phi) is 7.28. The third-order valence-corrected chi connectivity index (χ3v) is 6.33. The Morgan fingerprint density at radius 1 is 1.19 bits per heavy atom. The van der Waals surface area contributed by atoms with Crippen LogP contribution in [0.2, 0.25) is 0 Å². The fourth-order valence-corrected chi connectivity index (χ4v) is 4.27. The molecular weight excluding hydrogens is 442 g/mol. The van der Waals surface area contributed by atoms with Crippen LogP contribution in [0.5, 0.6) is 11.5 Å². The lowest BCUT2D eigenvalue weighted by atomic mass is 10.1. The number of amides is 1. The van der Waals surface area contributed by atoms with Crippen LogP contribution in [0.1, 0.15) is 23.2 Å². The first-order valence-corrected chi connectivity index (χ1v) is 11.2. The van der Waals surface area contributed by atoms with Crippen molar-refractivity contribution in [1.29, 1.82) is 0 Å². The number of anilines is 1. The van der Waals surface area contributed by atoms with Gasteiger partial charge in [0.15, 0.2) is 11.5 Å². The maximum atomic E-state index is 12.7. The van der Waals surface area contributed by atoms with Gasteiger partial charge in [0.1, 0.15) is 5.56 Å². The first-order valence-electron chi connectivity index (χ1n) is 9.68. The smallest absolute Gasteiger partial charge is 0.286 e. The average molecular weight is 465 g/mol. The van der Waals surface area contributed by atoms with Gasteiger partial charge in [-0.2, -0.15) is 0 Å². The third kappa shape index (κ3) is 5.33. The van der Waals surface area contributed by atoms with Crippen molar-refractivity contribution in [2.45, 2.75) is 23.8 Å². The monoisotopic (exact) mass is 465 g/mol. The van der Waals surface area contributed by atoms with E-state index in [-0.39, 0.29) is 40.3 Å². The number of nitro groups is 1. The zero-order chi connectivity index (χ0) is 23.3. The molecule has 0 bridgehead atoms. The van der Waals surface area contributed by atoms with Crippen molar-refractivity contribution in [2.75, 3.05) is 32.7 Å². The van der Waals surface area contributed by atoms with Gasteiger partial charge >= 0.3 is 0 Å². The first kappa shape index (κ1) is 23.4. The summed E-state index contributed by atoms with van der Waals surface area (Å²) in [5.41, 5.74) is -0.433. The number of carbonyl (C=O) groups is 1. The minimum atomic E-state index is -3.74. The van der Waals surface area contributed by atoms with Crippen molar-refractivity contribution < 1.29 is 32.3 Å². The molecule has 3 rings (SSSR count). The van der Waals surface area contributed by atoms with Gasteiger partial charge in [-0.15, -0.1) is 0 Å². The van der Waals surface area contributed by atoms with E-state index in [0.717, 1.165) is 18.9 Å². The fraction of sp³-hybridized carbons (Fsp3) is 0.350. The van der Waals surface area contributed by atoms with E-state index in [2.05, 4.69) is 10.0 Å². The summed E-state index contributed by atoms with van der Waals surface area (Å²) in [5, 5.41) is 13.9. The topological polar surface area (TPSA) is 146 Å². The molecule has 1 saturated heterocycles. The van der Waals surface area contributed by atoms with E-state index in [0.29, 0.717) is 6.61 Å². The number of benzene rings is 2. The summed E-state index contributed by atoms with van der Waals surface area (Å²) in [6.07, 6.45) is 1.56. The van der Waals surface area contributed by atoms with Crippen LogP contribution in [-0.2, 0) is 14.8 Å². The van der Waals surface area contributed by atoms with Gasteiger partial charge in [-0.1, -0.05) is 0 Å². The molecular formula is C20H23N3O8S. The van der Waals surface area contributed by atoms with Crippen LogP contribution in [0.15, 0.2) is 41.3 Å². The van der Waals surface area contributed by atoms with Gasteiger partial charge < -0.3 is 19.5 Å². The van der Waals surface area contributed by atoms with E-state index < -0.39 is 26.5 Å². The first-order chi connectivity index (χ1) is 15.2. The number of hydrogen-bond acceptors (Lipinski definition) is 8. The number of methoxy groups -OCH3 is 2. The van der Waals surface area contributed by atoms with E-state index in [4.69, 9.17) is 14.2 Å². The lowest BCUT2D eigenvalue weighted by Gasteiger charge is -2.12. The molecule has 11 nitrogen and oxygen atoms in total. The molecule has 0 aromatic heterocycles.